The summed E-state index contributed by atoms with van der Waals surface area (Å²) in [6.45, 7) is 8.72. The number of nitrogens with zero attached hydrogens (tertiary/aromatic N) is 4. The highest BCUT2D eigenvalue weighted by molar-refractivity contribution is 7.20. The number of carbonyl (C=O) groups excluding carboxylic acids is 1. The average Bonchev–Trinajstić information content (AvgIpc) is 3.09. The first-order valence-electron chi connectivity index (χ1n) is 10.5. The highest BCUT2D eigenvalue weighted by atomic mass is 32.1. The number of rotatable bonds is 6. The van der Waals surface area contributed by atoms with Crippen LogP contribution in [0.1, 0.15) is 52.8 Å². The molecule has 3 aromatic rings. The standard InChI is InChI=1S/C22H27N5O2S/c1-4-29-22(28)19-14(2)18-20(25-15(3)26-21(18)30-19)24-13-16-8-9-23-17(12-16)27-10-6-5-7-11-27/h8-9,12H,4-7,10-11,13H2,1-3H3,(H,24,25,26). The maximum Gasteiger partial charge on any atom is 0.348 e. The first-order chi connectivity index (χ1) is 14.6. The van der Waals surface area contributed by atoms with Crippen molar-refractivity contribution in [3.63, 3.8) is 0 Å². The van der Waals surface area contributed by atoms with E-state index >= 15 is 0 Å². The molecule has 1 N–H and O–H groups in total. The van der Waals surface area contributed by atoms with Crippen molar-refractivity contribution in [3.05, 3.63) is 40.2 Å². The van der Waals surface area contributed by atoms with Crippen LogP contribution in [0.3, 0.4) is 0 Å². The van der Waals surface area contributed by atoms with Crippen LogP contribution in [0.5, 0.6) is 0 Å². The Kier molecular flexibility index (Phi) is 6.13. The Bertz CT molecular complexity index is 1060. The third kappa shape index (κ3) is 4.23. The Balaban J connectivity index is 1.59. The maximum atomic E-state index is 12.3. The lowest BCUT2D eigenvalue weighted by atomic mass is 10.1. The number of anilines is 2. The zero-order chi connectivity index (χ0) is 21.1. The summed E-state index contributed by atoms with van der Waals surface area (Å²) in [7, 11) is 0. The number of hydrogen-bond donors (Lipinski definition) is 1. The van der Waals surface area contributed by atoms with E-state index in [4.69, 9.17) is 4.74 Å². The van der Waals surface area contributed by atoms with Crippen LogP contribution in [-0.2, 0) is 11.3 Å². The lowest BCUT2D eigenvalue weighted by Crippen LogP contribution is -2.30. The predicted molar refractivity (Wildman–Crippen MR) is 120 cm³/mol. The maximum absolute atomic E-state index is 12.3. The van der Waals surface area contributed by atoms with E-state index in [2.05, 4.69) is 31.2 Å². The molecule has 0 saturated carbocycles. The Morgan fingerprint density at radius 1 is 1.23 bits per heavy atom. The van der Waals surface area contributed by atoms with Crippen LogP contribution in [0, 0.1) is 13.8 Å². The van der Waals surface area contributed by atoms with Crippen molar-refractivity contribution in [2.24, 2.45) is 0 Å². The van der Waals surface area contributed by atoms with Crippen LogP contribution >= 0.6 is 11.3 Å². The molecule has 7 nitrogen and oxygen atoms in total. The number of fused-ring (bicyclic) bond motifs is 1. The smallest absolute Gasteiger partial charge is 0.348 e. The Morgan fingerprint density at radius 3 is 2.80 bits per heavy atom. The summed E-state index contributed by atoms with van der Waals surface area (Å²) in [5.74, 6) is 2.15. The Morgan fingerprint density at radius 2 is 2.03 bits per heavy atom. The fourth-order valence-corrected chi connectivity index (χ4v) is 4.94. The van der Waals surface area contributed by atoms with Crippen LogP contribution in [0.2, 0.25) is 0 Å². The molecule has 0 spiro atoms. The zero-order valence-electron chi connectivity index (χ0n) is 17.7. The van der Waals surface area contributed by atoms with Crippen molar-refractivity contribution in [2.75, 3.05) is 29.9 Å². The van der Waals surface area contributed by atoms with Gasteiger partial charge in [-0.05, 0) is 63.3 Å². The van der Waals surface area contributed by atoms with Crippen molar-refractivity contribution in [1.29, 1.82) is 0 Å². The SMILES string of the molecule is CCOC(=O)c1sc2nc(C)nc(NCc3ccnc(N4CCCCC4)c3)c2c1C. The van der Waals surface area contributed by atoms with E-state index in [9.17, 15) is 4.79 Å². The normalized spacial score (nSPS) is 14.2. The number of pyridine rings is 1. The topological polar surface area (TPSA) is 80.2 Å². The fraction of sp³-hybridized carbons (Fsp3) is 0.455. The molecule has 0 aromatic carbocycles. The Labute approximate surface area is 180 Å². The van der Waals surface area contributed by atoms with E-state index in [-0.39, 0.29) is 5.97 Å². The predicted octanol–water partition coefficient (Wildman–Crippen LogP) is 4.48. The number of aryl methyl sites for hydroxylation is 2. The second kappa shape index (κ2) is 8.95. The fourth-order valence-electron chi connectivity index (χ4n) is 3.82. The average molecular weight is 426 g/mol. The molecule has 30 heavy (non-hydrogen) atoms. The third-order valence-electron chi connectivity index (χ3n) is 5.31. The third-order valence-corrected chi connectivity index (χ3v) is 6.48. The number of carbonyl (C=O) groups is 1. The van der Waals surface area contributed by atoms with E-state index in [1.807, 2.05) is 33.0 Å². The molecule has 0 bridgehead atoms. The monoisotopic (exact) mass is 425 g/mol. The van der Waals surface area contributed by atoms with E-state index in [0.717, 1.165) is 46.1 Å². The van der Waals surface area contributed by atoms with Crippen molar-refractivity contribution in [2.45, 2.75) is 46.6 Å². The van der Waals surface area contributed by atoms with Gasteiger partial charge in [-0.1, -0.05) is 0 Å². The molecule has 0 unspecified atom stereocenters. The molecule has 1 fully saturated rings. The summed E-state index contributed by atoms with van der Waals surface area (Å²) >= 11 is 1.36. The largest absolute Gasteiger partial charge is 0.462 e. The number of esters is 1. The molecule has 0 atom stereocenters. The van der Waals surface area contributed by atoms with Gasteiger partial charge in [-0.3, -0.25) is 0 Å². The summed E-state index contributed by atoms with van der Waals surface area (Å²) in [5.41, 5.74) is 2.01. The molecule has 158 valence electrons. The number of piperidine rings is 1. The highest BCUT2D eigenvalue weighted by Crippen LogP contribution is 2.34. The highest BCUT2D eigenvalue weighted by Gasteiger charge is 2.21. The van der Waals surface area contributed by atoms with Crippen LogP contribution in [0.15, 0.2) is 18.3 Å². The quantitative estimate of drug-likeness (QED) is 0.583. The zero-order valence-corrected chi connectivity index (χ0v) is 18.5. The van der Waals surface area contributed by atoms with Gasteiger partial charge in [0.1, 0.15) is 27.2 Å². The minimum absolute atomic E-state index is 0.304. The van der Waals surface area contributed by atoms with E-state index in [1.54, 1.807) is 0 Å². The van der Waals surface area contributed by atoms with Gasteiger partial charge in [0.05, 0.1) is 12.0 Å². The van der Waals surface area contributed by atoms with Crippen LogP contribution < -0.4 is 10.2 Å². The molecule has 4 rings (SSSR count). The summed E-state index contributed by atoms with van der Waals surface area (Å²) in [4.78, 5) is 29.8. The molecule has 1 aliphatic rings. The first-order valence-corrected chi connectivity index (χ1v) is 11.3. The van der Waals surface area contributed by atoms with Gasteiger partial charge in [-0.15, -0.1) is 11.3 Å². The molecular formula is C22H27N5O2S. The minimum Gasteiger partial charge on any atom is -0.462 e. The molecule has 0 aliphatic carbocycles. The molecule has 8 heteroatoms. The van der Waals surface area contributed by atoms with Crippen LogP contribution in [-0.4, -0.2) is 40.6 Å². The summed E-state index contributed by atoms with van der Waals surface area (Å²) < 4.78 is 5.20. The van der Waals surface area contributed by atoms with Gasteiger partial charge in [0.15, 0.2) is 0 Å². The number of aromatic nitrogens is 3. The number of hydrogen-bond acceptors (Lipinski definition) is 8. The molecule has 4 heterocycles. The molecule has 3 aromatic heterocycles. The van der Waals surface area contributed by atoms with Gasteiger partial charge in [-0.25, -0.2) is 19.7 Å². The van der Waals surface area contributed by atoms with Gasteiger partial charge in [0.25, 0.3) is 0 Å². The number of thiophene rings is 1. The van der Waals surface area contributed by atoms with E-state index in [1.165, 1.54) is 30.6 Å². The Hall–Kier alpha value is -2.74. The van der Waals surface area contributed by atoms with Crippen molar-refractivity contribution in [1.82, 2.24) is 15.0 Å². The number of nitrogens with one attached hydrogen (secondary N) is 1. The van der Waals surface area contributed by atoms with Crippen LogP contribution in [0.25, 0.3) is 10.2 Å². The van der Waals surface area contributed by atoms with E-state index < -0.39 is 0 Å². The molecule has 1 aliphatic heterocycles. The van der Waals surface area contributed by atoms with Crippen molar-refractivity contribution >= 4 is 39.2 Å². The molecular weight excluding hydrogens is 398 g/mol. The summed E-state index contributed by atoms with van der Waals surface area (Å²) in [6.07, 6.45) is 5.62. The van der Waals surface area contributed by atoms with Gasteiger partial charge < -0.3 is 15.0 Å². The van der Waals surface area contributed by atoms with Crippen molar-refractivity contribution < 1.29 is 9.53 Å². The van der Waals surface area contributed by atoms with Gasteiger partial charge >= 0.3 is 5.97 Å². The minimum atomic E-state index is -0.304. The number of ether oxygens (including phenoxy) is 1. The van der Waals surface area contributed by atoms with Gasteiger partial charge in [-0.2, -0.15) is 0 Å². The molecule has 0 amide bonds. The van der Waals surface area contributed by atoms with Crippen LogP contribution in [0.4, 0.5) is 11.6 Å². The lowest BCUT2D eigenvalue weighted by Gasteiger charge is -2.28. The molecule has 1 saturated heterocycles. The van der Waals surface area contributed by atoms with Gasteiger partial charge in [0, 0.05) is 25.8 Å². The van der Waals surface area contributed by atoms with Crippen molar-refractivity contribution in [3.8, 4) is 0 Å². The van der Waals surface area contributed by atoms with Gasteiger partial charge in [0.2, 0.25) is 0 Å². The lowest BCUT2D eigenvalue weighted by molar-refractivity contribution is 0.0531. The summed E-state index contributed by atoms with van der Waals surface area (Å²) in [6, 6.07) is 4.17. The van der Waals surface area contributed by atoms with E-state index in [0.29, 0.717) is 23.9 Å². The molecule has 0 radical (unpaired) electrons. The second-order valence-electron chi connectivity index (χ2n) is 7.50. The second-order valence-corrected chi connectivity index (χ2v) is 8.50. The summed E-state index contributed by atoms with van der Waals surface area (Å²) in [5, 5.41) is 4.35. The first kappa shape index (κ1) is 20.5.